The van der Waals surface area contributed by atoms with Gasteiger partial charge < -0.3 is 10.2 Å². The van der Waals surface area contributed by atoms with Crippen LogP contribution in [0.5, 0.6) is 0 Å². The summed E-state index contributed by atoms with van der Waals surface area (Å²) in [6.45, 7) is 4.59. The minimum atomic E-state index is 0.0487. The lowest BCUT2D eigenvalue weighted by Crippen LogP contribution is -2.50. The zero-order valence-electron chi connectivity index (χ0n) is 16.3. The van der Waals surface area contributed by atoms with Gasteiger partial charge in [0, 0.05) is 44.6 Å². The molecule has 1 N–H and O–H groups in total. The molecule has 29 heavy (non-hydrogen) atoms. The highest BCUT2D eigenvalue weighted by Gasteiger charge is 2.22. The molecule has 0 aliphatic carbocycles. The second kappa shape index (κ2) is 9.20. The first-order valence-corrected chi connectivity index (χ1v) is 10.9. The fraction of sp³-hybridized carbons (Fsp3) is 0.304. The number of hydrogen-bond donors (Lipinski definition) is 1. The summed E-state index contributed by atoms with van der Waals surface area (Å²) in [5, 5.41) is 9.17. The quantitative estimate of drug-likeness (QED) is 0.683. The zero-order chi connectivity index (χ0) is 20.1. The molecule has 1 aromatic heterocycles. The number of hydrogen-bond acceptors (Lipinski definition) is 4. The van der Waals surface area contributed by atoms with Gasteiger partial charge in [0.15, 0.2) is 0 Å². The Hall–Kier alpha value is -2.70. The van der Waals surface area contributed by atoms with Crippen molar-refractivity contribution in [3.63, 3.8) is 0 Å². The van der Waals surface area contributed by atoms with Crippen molar-refractivity contribution in [1.82, 2.24) is 15.1 Å². The fourth-order valence-electron chi connectivity index (χ4n) is 3.78. The van der Waals surface area contributed by atoms with E-state index in [2.05, 4.69) is 28.4 Å². The van der Waals surface area contributed by atoms with Crippen LogP contribution in [-0.2, 0) is 11.2 Å². The summed E-state index contributed by atoms with van der Waals surface area (Å²) in [5.74, 6) is 0.168. The molecule has 5 nitrogen and oxygen atoms in total. The van der Waals surface area contributed by atoms with E-state index in [9.17, 15) is 9.59 Å². The fourth-order valence-corrected chi connectivity index (χ4v) is 4.41. The standard InChI is InChI=1S/C23H25N3O2S/c27-22(16-19-6-3-5-18-4-1-2-7-21(18)19)24-9-10-25-11-13-26(14-12-25)23(28)20-8-15-29-17-20/h1-8,15,17H,9-14,16H2,(H,24,27). The highest BCUT2D eigenvalue weighted by molar-refractivity contribution is 7.08. The molecule has 150 valence electrons. The van der Waals surface area contributed by atoms with E-state index in [1.165, 1.54) is 0 Å². The summed E-state index contributed by atoms with van der Waals surface area (Å²) >= 11 is 1.55. The second-order valence-corrected chi connectivity index (χ2v) is 8.09. The van der Waals surface area contributed by atoms with Gasteiger partial charge in [-0.25, -0.2) is 0 Å². The van der Waals surface area contributed by atoms with Crippen LogP contribution in [0.25, 0.3) is 10.8 Å². The maximum absolute atomic E-state index is 12.4. The van der Waals surface area contributed by atoms with Crippen molar-refractivity contribution in [3.05, 3.63) is 70.4 Å². The lowest BCUT2D eigenvalue weighted by atomic mass is 10.0. The Balaban J connectivity index is 1.21. The normalized spacial score (nSPS) is 14.8. The number of benzene rings is 2. The van der Waals surface area contributed by atoms with Crippen molar-refractivity contribution in [2.24, 2.45) is 0 Å². The number of amides is 2. The third-order valence-corrected chi connectivity index (χ3v) is 6.09. The van der Waals surface area contributed by atoms with Crippen LogP contribution in [0, 0.1) is 0 Å². The highest BCUT2D eigenvalue weighted by atomic mass is 32.1. The molecule has 6 heteroatoms. The number of piperazine rings is 1. The smallest absolute Gasteiger partial charge is 0.254 e. The summed E-state index contributed by atoms with van der Waals surface area (Å²) in [6.07, 6.45) is 0.393. The van der Waals surface area contributed by atoms with Crippen molar-refractivity contribution < 1.29 is 9.59 Å². The van der Waals surface area contributed by atoms with E-state index in [1.54, 1.807) is 11.3 Å². The van der Waals surface area contributed by atoms with Crippen LogP contribution in [-0.4, -0.2) is 60.9 Å². The van der Waals surface area contributed by atoms with Gasteiger partial charge in [-0.1, -0.05) is 42.5 Å². The largest absolute Gasteiger partial charge is 0.355 e. The third kappa shape index (κ3) is 4.83. The van der Waals surface area contributed by atoms with E-state index in [0.717, 1.165) is 54.6 Å². The van der Waals surface area contributed by atoms with Gasteiger partial charge in [0.05, 0.1) is 12.0 Å². The van der Waals surface area contributed by atoms with E-state index in [-0.39, 0.29) is 11.8 Å². The molecule has 2 heterocycles. The molecular weight excluding hydrogens is 382 g/mol. The summed E-state index contributed by atoms with van der Waals surface area (Å²) in [4.78, 5) is 29.0. The van der Waals surface area contributed by atoms with Gasteiger partial charge in [-0.15, -0.1) is 0 Å². The van der Waals surface area contributed by atoms with E-state index >= 15 is 0 Å². The molecular formula is C23H25N3O2S. The number of nitrogens with one attached hydrogen (secondary N) is 1. The van der Waals surface area contributed by atoms with Gasteiger partial charge in [0.25, 0.3) is 5.91 Å². The molecule has 0 spiro atoms. The Bertz CT molecular complexity index is 973. The number of thiophene rings is 1. The Morgan fingerprint density at radius 1 is 0.966 bits per heavy atom. The molecule has 2 aromatic carbocycles. The van der Waals surface area contributed by atoms with Gasteiger partial charge in [0.1, 0.15) is 0 Å². The Morgan fingerprint density at radius 2 is 1.76 bits per heavy atom. The minimum Gasteiger partial charge on any atom is -0.355 e. The molecule has 1 aliphatic heterocycles. The summed E-state index contributed by atoms with van der Waals surface area (Å²) in [7, 11) is 0. The molecule has 2 amide bonds. The first-order chi connectivity index (χ1) is 14.2. The van der Waals surface area contributed by atoms with Crippen LogP contribution in [0.15, 0.2) is 59.3 Å². The monoisotopic (exact) mass is 407 g/mol. The second-order valence-electron chi connectivity index (χ2n) is 7.31. The molecule has 3 aromatic rings. The number of nitrogens with zero attached hydrogens (tertiary/aromatic N) is 2. The van der Waals surface area contributed by atoms with Gasteiger partial charge in [-0.2, -0.15) is 11.3 Å². The summed E-state index contributed by atoms with van der Waals surface area (Å²) < 4.78 is 0. The average molecular weight is 408 g/mol. The van der Waals surface area contributed by atoms with Crippen molar-refractivity contribution in [1.29, 1.82) is 0 Å². The summed E-state index contributed by atoms with van der Waals surface area (Å²) in [5.41, 5.74) is 1.84. The Kier molecular flexibility index (Phi) is 6.22. The molecule has 0 atom stereocenters. The molecule has 1 fully saturated rings. The predicted molar refractivity (Wildman–Crippen MR) is 117 cm³/mol. The molecule has 0 unspecified atom stereocenters. The minimum absolute atomic E-state index is 0.0487. The zero-order valence-corrected chi connectivity index (χ0v) is 17.2. The number of fused-ring (bicyclic) bond motifs is 1. The Labute approximate surface area is 174 Å². The van der Waals surface area contributed by atoms with Crippen LogP contribution < -0.4 is 5.32 Å². The lowest BCUT2D eigenvalue weighted by molar-refractivity contribution is -0.120. The first-order valence-electron chi connectivity index (χ1n) is 9.98. The average Bonchev–Trinajstić information content (AvgIpc) is 3.29. The van der Waals surface area contributed by atoms with Crippen LogP contribution in [0.3, 0.4) is 0 Å². The van der Waals surface area contributed by atoms with Crippen molar-refractivity contribution in [2.45, 2.75) is 6.42 Å². The highest BCUT2D eigenvalue weighted by Crippen LogP contribution is 2.18. The first kappa shape index (κ1) is 19.6. The maximum Gasteiger partial charge on any atom is 0.254 e. The summed E-state index contributed by atoms with van der Waals surface area (Å²) in [6, 6.07) is 16.1. The SMILES string of the molecule is O=C(Cc1cccc2ccccc12)NCCN1CCN(C(=O)c2ccsc2)CC1. The van der Waals surface area contributed by atoms with Crippen molar-refractivity contribution >= 4 is 33.9 Å². The predicted octanol–water partition coefficient (Wildman–Crippen LogP) is 3.02. The Morgan fingerprint density at radius 3 is 2.55 bits per heavy atom. The van der Waals surface area contributed by atoms with Crippen molar-refractivity contribution in [2.75, 3.05) is 39.3 Å². The van der Waals surface area contributed by atoms with E-state index in [1.807, 2.05) is 46.0 Å². The number of carbonyl (C=O) groups excluding carboxylic acids is 2. The van der Waals surface area contributed by atoms with Crippen LogP contribution in [0.2, 0.25) is 0 Å². The van der Waals surface area contributed by atoms with Crippen molar-refractivity contribution in [3.8, 4) is 0 Å². The molecule has 0 bridgehead atoms. The molecule has 1 saturated heterocycles. The number of carbonyl (C=O) groups is 2. The third-order valence-electron chi connectivity index (χ3n) is 5.41. The lowest BCUT2D eigenvalue weighted by Gasteiger charge is -2.34. The van der Waals surface area contributed by atoms with E-state index < -0.39 is 0 Å². The van der Waals surface area contributed by atoms with Gasteiger partial charge in [0.2, 0.25) is 5.91 Å². The van der Waals surface area contributed by atoms with E-state index in [4.69, 9.17) is 0 Å². The van der Waals surface area contributed by atoms with Gasteiger partial charge >= 0.3 is 0 Å². The topological polar surface area (TPSA) is 52.7 Å². The maximum atomic E-state index is 12.4. The number of rotatable bonds is 6. The van der Waals surface area contributed by atoms with Gasteiger partial charge in [-0.3, -0.25) is 14.5 Å². The molecule has 4 rings (SSSR count). The van der Waals surface area contributed by atoms with Crippen LogP contribution >= 0.6 is 11.3 Å². The molecule has 1 aliphatic rings. The van der Waals surface area contributed by atoms with Gasteiger partial charge in [-0.05, 0) is 27.8 Å². The molecule has 0 radical (unpaired) electrons. The van der Waals surface area contributed by atoms with Crippen LogP contribution in [0.1, 0.15) is 15.9 Å². The van der Waals surface area contributed by atoms with E-state index in [0.29, 0.717) is 13.0 Å². The van der Waals surface area contributed by atoms with Crippen LogP contribution in [0.4, 0.5) is 0 Å². The molecule has 0 saturated carbocycles.